The summed E-state index contributed by atoms with van der Waals surface area (Å²) in [5, 5.41) is 1.50. The molecule has 0 aromatic heterocycles. The Balaban J connectivity index is 1.56. The largest absolute Gasteiger partial charge is 0.121 e. The van der Waals surface area contributed by atoms with Crippen LogP contribution in [0.15, 0.2) is 58.3 Å². The van der Waals surface area contributed by atoms with Crippen LogP contribution in [0.2, 0.25) is 0 Å². The summed E-state index contributed by atoms with van der Waals surface area (Å²) in [6.45, 7) is 0. The zero-order valence-corrected chi connectivity index (χ0v) is 11.6. The second kappa shape index (κ2) is 4.36. The van der Waals surface area contributed by atoms with Crippen molar-refractivity contribution >= 4 is 23.5 Å². The maximum atomic E-state index is 2.29. The van der Waals surface area contributed by atoms with Crippen LogP contribution >= 0.6 is 23.5 Å². The number of fused-ring (bicyclic) bond motifs is 2. The maximum absolute atomic E-state index is 2.29. The summed E-state index contributed by atoms with van der Waals surface area (Å²) in [5.41, 5.74) is 3.09. The molecule has 2 heteroatoms. The van der Waals surface area contributed by atoms with Crippen LogP contribution in [-0.4, -0.2) is 10.5 Å². The predicted octanol–water partition coefficient (Wildman–Crippen LogP) is 4.42. The van der Waals surface area contributed by atoms with E-state index in [1.54, 1.807) is 11.1 Å². The highest BCUT2D eigenvalue weighted by molar-refractivity contribution is 8.04. The van der Waals surface area contributed by atoms with Gasteiger partial charge in [-0.05, 0) is 36.1 Å². The lowest BCUT2D eigenvalue weighted by atomic mass is 10.0. The van der Waals surface area contributed by atoms with Gasteiger partial charge in [-0.1, -0.05) is 36.4 Å². The van der Waals surface area contributed by atoms with E-state index in [2.05, 4.69) is 72.1 Å². The normalized spacial score (nSPS) is 24.9. The molecule has 18 heavy (non-hydrogen) atoms. The van der Waals surface area contributed by atoms with Crippen molar-refractivity contribution < 1.29 is 0 Å². The molecule has 2 aromatic rings. The Labute approximate surface area is 116 Å². The molecule has 90 valence electrons. The summed E-state index contributed by atoms with van der Waals surface area (Å²) >= 11 is 4.17. The lowest BCUT2D eigenvalue weighted by Crippen LogP contribution is -2.18. The third-order valence-corrected chi connectivity index (χ3v) is 6.83. The smallest absolute Gasteiger partial charge is 0.0261 e. The highest BCUT2D eigenvalue weighted by atomic mass is 32.2. The van der Waals surface area contributed by atoms with E-state index in [-0.39, 0.29) is 0 Å². The fourth-order valence-corrected chi connectivity index (χ4v) is 5.76. The Kier molecular flexibility index (Phi) is 2.66. The highest BCUT2D eigenvalue weighted by Gasteiger charge is 2.33. The second-order valence-electron chi connectivity index (χ2n) is 4.94. The van der Waals surface area contributed by atoms with Gasteiger partial charge in [0, 0.05) is 20.3 Å². The molecule has 2 aliphatic rings. The van der Waals surface area contributed by atoms with Crippen molar-refractivity contribution in [1.82, 2.24) is 0 Å². The Morgan fingerprint density at radius 3 is 1.56 bits per heavy atom. The van der Waals surface area contributed by atoms with Crippen LogP contribution < -0.4 is 0 Å². The van der Waals surface area contributed by atoms with Crippen LogP contribution in [-0.2, 0) is 12.8 Å². The van der Waals surface area contributed by atoms with Gasteiger partial charge in [-0.15, -0.1) is 23.5 Å². The molecule has 0 nitrogen and oxygen atoms in total. The van der Waals surface area contributed by atoms with E-state index in [4.69, 9.17) is 0 Å². The van der Waals surface area contributed by atoms with Crippen LogP contribution in [0.3, 0.4) is 0 Å². The first-order valence-electron chi connectivity index (χ1n) is 6.39. The Bertz CT molecular complexity index is 488. The van der Waals surface area contributed by atoms with Crippen LogP contribution in [0, 0.1) is 0 Å². The minimum Gasteiger partial charge on any atom is -0.121 e. The Morgan fingerprint density at radius 1 is 0.667 bits per heavy atom. The fraction of sp³-hybridized carbons (Fsp3) is 0.250. The van der Waals surface area contributed by atoms with E-state index < -0.39 is 0 Å². The molecular weight excluding hydrogens is 256 g/mol. The van der Waals surface area contributed by atoms with Gasteiger partial charge >= 0.3 is 0 Å². The van der Waals surface area contributed by atoms with Crippen molar-refractivity contribution in [2.24, 2.45) is 0 Å². The molecule has 0 fully saturated rings. The third kappa shape index (κ3) is 1.79. The minimum absolute atomic E-state index is 0.750. The molecule has 0 spiro atoms. The molecule has 4 rings (SSSR count). The topological polar surface area (TPSA) is 0 Å². The van der Waals surface area contributed by atoms with Crippen molar-refractivity contribution in [3.63, 3.8) is 0 Å². The van der Waals surface area contributed by atoms with Gasteiger partial charge in [-0.25, -0.2) is 0 Å². The van der Waals surface area contributed by atoms with Crippen LogP contribution in [0.5, 0.6) is 0 Å². The third-order valence-electron chi connectivity index (χ3n) is 3.76. The van der Waals surface area contributed by atoms with Crippen LogP contribution in [0.1, 0.15) is 11.1 Å². The fourth-order valence-electron chi connectivity index (χ4n) is 2.83. The van der Waals surface area contributed by atoms with Gasteiger partial charge in [0.2, 0.25) is 0 Å². The molecule has 0 saturated carbocycles. The first-order valence-corrected chi connectivity index (χ1v) is 8.15. The zero-order valence-electron chi connectivity index (χ0n) is 10.0. The number of hydrogen-bond donors (Lipinski definition) is 0. The molecule has 2 aromatic carbocycles. The Hall–Kier alpha value is -0.860. The van der Waals surface area contributed by atoms with E-state index in [0.717, 1.165) is 10.5 Å². The van der Waals surface area contributed by atoms with E-state index in [1.807, 2.05) is 0 Å². The maximum Gasteiger partial charge on any atom is 0.0261 e. The zero-order chi connectivity index (χ0) is 11.9. The molecule has 0 saturated heterocycles. The number of thioether (sulfide) groups is 2. The molecule has 0 unspecified atom stereocenters. The number of benzene rings is 2. The molecule has 0 bridgehead atoms. The first-order chi connectivity index (χ1) is 8.90. The van der Waals surface area contributed by atoms with Crippen molar-refractivity contribution in [3.05, 3.63) is 59.7 Å². The van der Waals surface area contributed by atoms with Crippen molar-refractivity contribution in [2.45, 2.75) is 33.1 Å². The van der Waals surface area contributed by atoms with Crippen molar-refractivity contribution in [2.75, 3.05) is 0 Å². The first kappa shape index (κ1) is 11.0. The monoisotopic (exact) mass is 270 g/mol. The minimum atomic E-state index is 0.750. The molecule has 2 atom stereocenters. The average Bonchev–Trinajstić information content (AvgIpc) is 3.02. The van der Waals surface area contributed by atoms with Crippen molar-refractivity contribution in [3.8, 4) is 0 Å². The van der Waals surface area contributed by atoms with Gasteiger partial charge in [0.25, 0.3) is 0 Å². The summed E-state index contributed by atoms with van der Waals surface area (Å²) in [6, 6.07) is 17.8. The Morgan fingerprint density at radius 2 is 1.11 bits per heavy atom. The molecule has 0 radical (unpaired) electrons. The molecule has 0 N–H and O–H groups in total. The average molecular weight is 270 g/mol. The molecule has 0 amide bonds. The van der Waals surface area contributed by atoms with Crippen LogP contribution in [0.4, 0.5) is 0 Å². The van der Waals surface area contributed by atoms with Gasteiger partial charge in [0.15, 0.2) is 0 Å². The van der Waals surface area contributed by atoms with Gasteiger partial charge in [-0.2, -0.15) is 0 Å². The van der Waals surface area contributed by atoms with Gasteiger partial charge in [-0.3, -0.25) is 0 Å². The summed E-state index contributed by atoms with van der Waals surface area (Å²) in [4.78, 5) is 3.00. The standard InChI is InChI=1S/C16H14S2/c1-3-7-13-11(5-1)9-15(17-13)16-10-12-6-2-4-8-14(12)18-16/h1-8,15-16H,9-10H2/t15-,16-/m1/s1. The van der Waals surface area contributed by atoms with E-state index in [9.17, 15) is 0 Å². The van der Waals surface area contributed by atoms with Crippen molar-refractivity contribution in [1.29, 1.82) is 0 Å². The summed E-state index contributed by atoms with van der Waals surface area (Å²) in [5.74, 6) is 0. The van der Waals surface area contributed by atoms with Gasteiger partial charge in [0.05, 0.1) is 0 Å². The summed E-state index contributed by atoms with van der Waals surface area (Å²) in [6.07, 6.45) is 2.49. The number of hydrogen-bond acceptors (Lipinski definition) is 2. The van der Waals surface area contributed by atoms with E-state index in [0.29, 0.717) is 0 Å². The molecular formula is C16H14S2. The lowest BCUT2D eigenvalue weighted by molar-refractivity contribution is 0.793. The molecule has 2 aliphatic heterocycles. The van der Waals surface area contributed by atoms with E-state index >= 15 is 0 Å². The quantitative estimate of drug-likeness (QED) is 0.752. The second-order valence-corrected chi connectivity index (χ2v) is 7.50. The SMILES string of the molecule is c1ccc2c(c1)C[C@H]([C@H]1Cc3ccccc3S1)S2. The van der Waals surface area contributed by atoms with Crippen LogP contribution in [0.25, 0.3) is 0 Å². The molecule has 2 heterocycles. The number of rotatable bonds is 1. The highest BCUT2D eigenvalue weighted by Crippen LogP contribution is 2.47. The summed E-state index contributed by atoms with van der Waals surface area (Å²) in [7, 11) is 0. The van der Waals surface area contributed by atoms with Gasteiger partial charge in [0.1, 0.15) is 0 Å². The van der Waals surface area contributed by atoms with Gasteiger partial charge < -0.3 is 0 Å². The lowest BCUT2D eigenvalue weighted by Gasteiger charge is -2.15. The van der Waals surface area contributed by atoms with E-state index in [1.165, 1.54) is 22.6 Å². The summed E-state index contributed by atoms with van der Waals surface area (Å²) < 4.78 is 0. The predicted molar refractivity (Wildman–Crippen MR) is 79.6 cm³/mol. The molecule has 0 aliphatic carbocycles.